The Morgan fingerprint density at radius 3 is 2.28 bits per heavy atom. The molecule has 0 saturated carbocycles. The maximum Gasteiger partial charge on any atom is 0.342 e. The molecule has 2 aromatic carbocycles. The number of carbonyl (C=O) groups is 2. The minimum atomic E-state index is -0.832. The number of rotatable bonds is 7. The van der Waals surface area contributed by atoms with Crippen LogP contribution in [0.2, 0.25) is 0 Å². The van der Waals surface area contributed by atoms with Crippen LogP contribution < -0.4 is 10.3 Å². The Bertz CT molecular complexity index is 1530. The van der Waals surface area contributed by atoms with Crippen molar-refractivity contribution < 1.29 is 24.2 Å². The molecule has 4 aromatic rings. The minimum Gasteiger partial charge on any atom is -0.507 e. The first-order chi connectivity index (χ1) is 17.1. The number of ether oxygens (including phenoxy) is 2. The van der Waals surface area contributed by atoms with Gasteiger partial charge in [-0.25, -0.2) is 9.48 Å². The average molecular weight is 490 g/mol. The van der Waals surface area contributed by atoms with Gasteiger partial charge in [0, 0.05) is 30.1 Å². The number of aryl methyl sites for hydroxylation is 1. The molecule has 0 saturated heterocycles. The van der Waals surface area contributed by atoms with Gasteiger partial charge in [0.1, 0.15) is 22.7 Å². The van der Waals surface area contributed by atoms with Crippen LogP contribution >= 0.6 is 0 Å². The summed E-state index contributed by atoms with van der Waals surface area (Å²) in [6.45, 7) is 4.89. The quantitative estimate of drug-likeness (QED) is 0.314. The van der Waals surface area contributed by atoms with Crippen molar-refractivity contribution in [2.24, 2.45) is 7.05 Å². The minimum absolute atomic E-state index is 0.0737. The molecule has 9 nitrogen and oxygen atoms in total. The van der Waals surface area contributed by atoms with Crippen molar-refractivity contribution in [3.63, 3.8) is 0 Å². The van der Waals surface area contributed by atoms with E-state index < -0.39 is 18.4 Å². The molecule has 4 rings (SSSR count). The van der Waals surface area contributed by atoms with E-state index in [1.165, 1.54) is 25.3 Å². The van der Waals surface area contributed by atoms with Gasteiger partial charge >= 0.3 is 5.97 Å². The molecule has 0 bridgehead atoms. The van der Waals surface area contributed by atoms with E-state index >= 15 is 0 Å². The van der Waals surface area contributed by atoms with Gasteiger partial charge in [0.05, 0.1) is 18.5 Å². The number of nitrogens with zero attached hydrogens (tertiary/aromatic N) is 3. The summed E-state index contributed by atoms with van der Waals surface area (Å²) < 4.78 is 15.3. The SMILES string of the molecule is COc1ccc(C(=O)OCC(=O)c2cc(C)n(-c3c(C)n(C)n(-c4ccccc4)c3=O)c2C)c(O)c1. The van der Waals surface area contributed by atoms with Gasteiger partial charge in [-0.15, -0.1) is 0 Å². The Hall–Kier alpha value is -4.53. The van der Waals surface area contributed by atoms with E-state index in [1.807, 2.05) is 51.2 Å². The highest BCUT2D eigenvalue weighted by Crippen LogP contribution is 2.25. The first-order valence-electron chi connectivity index (χ1n) is 11.3. The molecular formula is C27H27N3O6. The van der Waals surface area contributed by atoms with Crippen molar-refractivity contribution in [2.75, 3.05) is 13.7 Å². The highest BCUT2D eigenvalue weighted by molar-refractivity contribution is 6.01. The molecule has 0 unspecified atom stereocenters. The van der Waals surface area contributed by atoms with Crippen LogP contribution in [-0.2, 0) is 11.8 Å². The monoisotopic (exact) mass is 489 g/mol. The van der Waals surface area contributed by atoms with E-state index in [0.29, 0.717) is 28.4 Å². The molecule has 0 aliphatic rings. The van der Waals surface area contributed by atoms with Gasteiger partial charge in [-0.3, -0.25) is 14.3 Å². The Labute approximate surface area is 207 Å². The summed E-state index contributed by atoms with van der Waals surface area (Å²) in [5.41, 5.74) is 3.20. The van der Waals surface area contributed by atoms with Crippen LogP contribution in [0.3, 0.4) is 0 Å². The summed E-state index contributed by atoms with van der Waals surface area (Å²) in [5.74, 6) is -1.18. The highest BCUT2D eigenvalue weighted by Gasteiger charge is 2.24. The van der Waals surface area contributed by atoms with Crippen LogP contribution in [0.25, 0.3) is 11.4 Å². The number of benzene rings is 2. The Kier molecular flexibility index (Phi) is 6.57. The van der Waals surface area contributed by atoms with Crippen LogP contribution in [0.4, 0.5) is 0 Å². The fourth-order valence-corrected chi connectivity index (χ4v) is 4.30. The van der Waals surface area contributed by atoms with E-state index in [4.69, 9.17) is 9.47 Å². The summed E-state index contributed by atoms with van der Waals surface area (Å²) in [7, 11) is 3.25. The van der Waals surface area contributed by atoms with Gasteiger partial charge in [-0.05, 0) is 51.1 Å². The van der Waals surface area contributed by atoms with E-state index in [1.54, 1.807) is 26.9 Å². The lowest BCUT2D eigenvalue weighted by atomic mass is 10.1. The fourth-order valence-electron chi connectivity index (χ4n) is 4.30. The molecule has 2 aromatic heterocycles. The Morgan fingerprint density at radius 2 is 1.64 bits per heavy atom. The van der Waals surface area contributed by atoms with E-state index in [-0.39, 0.29) is 16.9 Å². The number of phenolic OH excluding ortho intramolecular Hbond substituents is 1. The lowest BCUT2D eigenvalue weighted by Gasteiger charge is -2.09. The number of methoxy groups -OCH3 is 1. The molecule has 0 radical (unpaired) electrons. The molecule has 9 heteroatoms. The molecule has 0 amide bonds. The maximum atomic E-state index is 13.5. The molecule has 0 spiro atoms. The maximum absolute atomic E-state index is 13.5. The number of aromatic hydroxyl groups is 1. The van der Waals surface area contributed by atoms with Crippen molar-refractivity contribution in [2.45, 2.75) is 20.8 Å². The van der Waals surface area contributed by atoms with Crippen molar-refractivity contribution in [1.82, 2.24) is 13.9 Å². The number of carbonyl (C=O) groups excluding carboxylic acids is 2. The number of phenols is 1. The Morgan fingerprint density at radius 1 is 0.944 bits per heavy atom. The third-order valence-electron chi connectivity index (χ3n) is 6.24. The standard InChI is InChI=1S/C27H27N3O6/c1-16-13-22(24(32)15-36-27(34)21-12-11-20(35-5)14-23(21)31)17(2)29(16)25-18(3)28(4)30(26(25)33)19-9-7-6-8-10-19/h6-14,31H,15H2,1-5H3. The molecule has 0 fully saturated rings. The average Bonchev–Trinajstić information content (AvgIpc) is 3.27. The summed E-state index contributed by atoms with van der Waals surface area (Å²) in [6.07, 6.45) is 0. The fraction of sp³-hybridized carbons (Fsp3) is 0.222. The predicted octanol–water partition coefficient (Wildman–Crippen LogP) is 3.65. The molecule has 1 N–H and O–H groups in total. The summed E-state index contributed by atoms with van der Waals surface area (Å²) >= 11 is 0. The second-order valence-electron chi connectivity index (χ2n) is 8.41. The molecule has 0 aliphatic carbocycles. The number of para-hydroxylation sites is 1. The number of aromatic nitrogens is 3. The number of esters is 1. The van der Waals surface area contributed by atoms with Crippen molar-refractivity contribution in [1.29, 1.82) is 0 Å². The third kappa shape index (κ3) is 4.19. The summed E-state index contributed by atoms with van der Waals surface area (Å²) in [6, 6.07) is 15.1. The number of ketones is 1. The van der Waals surface area contributed by atoms with E-state index in [2.05, 4.69) is 0 Å². The van der Waals surface area contributed by atoms with Crippen molar-refractivity contribution in [3.05, 3.63) is 93.2 Å². The van der Waals surface area contributed by atoms with Crippen LogP contribution in [0.1, 0.15) is 37.8 Å². The molecule has 36 heavy (non-hydrogen) atoms. The van der Waals surface area contributed by atoms with Gasteiger partial charge in [0.25, 0.3) is 5.56 Å². The molecule has 2 heterocycles. The molecule has 0 atom stereocenters. The zero-order valence-corrected chi connectivity index (χ0v) is 20.7. The second-order valence-corrected chi connectivity index (χ2v) is 8.41. The van der Waals surface area contributed by atoms with Crippen LogP contribution in [0.5, 0.6) is 11.5 Å². The van der Waals surface area contributed by atoms with Crippen molar-refractivity contribution in [3.8, 4) is 22.9 Å². The second kappa shape index (κ2) is 9.61. The number of hydrogen-bond donors (Lipinski definition) is 1. The van der Waals surface area contributed by atoms with Crippen LogP contribution in [0, 0.1) is 20.8 Å². The lowest BCUT2D eigenvalue weighted by Crippen LogP contribution is -2.22. The third-order valence-corrected chi connectivity index (χ3v) is 6.24. The topological polar surface area (TPSA) is 105 Å². The van der Waals surface area contributed by atoms with Gasteiger partial charge in [-0.2, -0.15) is 0 Å². The zero-order valence-electron chi connectivity index (χ0n) is 20.7. The first-order valence-corrected chi connectivity index (χ1v) is 11.3. The largest absolute Gasteiger partial charge is 0.507 e. The van der Waals surface area contributed by atoms with Crippen LogP contribution in [0.15, 0.2) is 59.4 Å². The van der Waals surface area contributed by atoms with Gasteiger partial charge in [-0.1, -0.05) is 18.2 Å². The summed E-state index contributed by atoms with van der Waals surface area (Å²) in [4.78, 5) is 38.9. The van der Waals surface area contributed by atoms with Crippen LogP contribution in [-0.4, -0.2) is 44.5 Å². The van der Waals surface area contributed by atoms with Gasteiger partial charge in [0.15, 0.2) is 6.61 Å². The summed E-state index contributed by atoms with van der Waals surface area (Å²) in [5, 5.41) is 10.0. The molecule has 0 aliphatic heterocycles. The normalized spacial score (nSPS) is 10.9. The molecular weight excluding hydrogens is 462 g/mol. The van der Waals surface area contributed by atoms with E-state index in [0.717, 1.165) is 11.4 Å². The van der Waals surface area contributed by atoms with Gasteiger partial charge < -0.3 is 19.1 Å². The molecule has 186 valence electrons. The Balaban J connectivity index is 1.62. The van der Waals surface area contributed by atoms with Crippen molar-refractivity contribution >= 4 is 11.8 Å². The first kappa shape index (κ1) is 24.6. The number of hydrogen-bond acceptors (Lipinski definition) is 6. The van der Waals surface area contributed by atoms with Gasteiger partial charge in [0.2, 0.25) is 5.78 Å². The zero-order chi connectivity index (χ0) is 26.1. The van der Waals surface area contributed by atoms with E-state index in [9.17, 15) is 19.5 Å². The highest BCUT2D eigenvalue weighted by atomic mass is 16.5. The number of Topliss-reactive ketones (excluding diaryl/α,β-unsaturated/α-hetero) is 1. The lowest BCUT2D eigenvalue weighted by molar-refractivity contribution is 0.0471. The predicted molar refractivity (Wildman–Crippen MR) is 134 cm³/mol. The smallest absolute Gasteiger partial charge is 0.342 e.